The van der Waals surface area contributed by atoms with Crippen LogP contribution in [-0.4, -0.2) is 40.1 Å². The van der Waals surface area contributed by atoms with Gasteiger partial charge in [-0.3, -0.25) is 4.79 Å². The van der Waals surface area contributed by atoms with Crippen molar-refractivity contribution >= 4 is 11.9 Å². The number of benzene rings is 1. The van der Waals surface area contributed by atoms with E-state index in [4.69, 9.17) is 5.11 Å². The van der Waals surface area contributed by atoms with Crippen LogP contribution in [0.15, 0.2) is 24.3 Å². The first kappa shape index (κ1) is 17.3. The lowest BCUT2D eigenvalue weighted by molar-refractivity contribution is -0.192. The minimum atomic E-state index is -4.36. The summed E-state index contributed by atoms with van der Waals surface area (Å²) in [6, 6.07) is 6.02. The molecule has 0 saturated carbocycles. The molecule has 0 radical (unpaired) electrons. The van der Waals surface area contributed by atoms with Crippen LogP contribution in [0.3, 0.4) is 0 Å². The van der Waals surface area contributed by atoms with Crippen molar-refractivity contribution in [1.82, 2.24) is 4.90 Å². The molecular formula is C16H18F3NO3. The Kier molecular flexibility index (Phi) is 4.41. The van der Waals surface area contributed by atoms with Crippen LogP contribution in [0.4, 0.5) is 13.2 Å². The van der Waals surface area contributed by atoms with Gasteiger partial charge in [0, 0.05) is 12.1 Å². The molecule has 1 N–H and O–H groups in total. The van der Waals surface area contributed by atoms with E-state index in [-0.39, 0.29) is 24.9 Å². The summed E-state index contributed by atoms with van der Waals surface area (Å²) in [6.07, 6.45) is -4.73. The number of carbonyl (C=O) groups excluding carboxylic acids is 1. The molecule has 1 fully saturated rings. The smallest absolute Gasteiger partial charge is 0.394 e. The molecule has 126 valence electrons. The van der Waals surface area contributed by atoms with Gasteiger partial charge >= 0.3 is 12.1 Å². The minimum Gasteiger partial charge on any atom is -0.478 e. The van der Waals surface area contributed by atoms with Gasteiger partial charge in [0.2, 0.25) is 5.91 Å². The third-order valence-corrected chi connectivity index (χ3v) is 4.48. The molecule has 1 aromatic carbocycles. The maximum Gasteiger partial charge on any atom is 0.394 e. The molecule has 1 aliphatic rings. The minimum absolute atomic E-state index is 0.00905. The number of hydrogen-bond acceptors (Lipinski definition) is 2. The van der Waals surface area contributed by atoms with Crippen LogP contribution in [-0.2, 0) is 11.2 Å². The number of halogens is 3. The normalized spacial score (nSPS) is 20.6. The highest BCUT2D eigenvalue weighted by Crippen LogP contribution is 2.44. The van der Waals surface area contributed by atoms with E-state index < -0.39 is 29.5 Å². The van der Waals surface area contributed by atoms with Crippen molar-refractivity contribution in [2.75, 3.05) is 6.54 Å². The first-order chi connectivity index (χ1) is 10.5. The van der Waals surface area contributed by atoms with Crippen molar-refractivity contribution in [3.8, 4) is 0 Å². The van der Waals surface area contributed by atoms with Gasteiger partial charge in [-0.1, -0.05) is 18.2 Å². The summed E-state index contributed by atoms with van der Waals surface area (Å²) in [6.45, 7) is 2.82. The molecule has 0 bridgehead atoms. The van der Waals surface area contributed by atoms with Gasteiger partial charge in [0.25, 0.3) is 0 Å². The lowest BCUT2D eigenvalue weighted by Crippen LogP contribution is -2.50. The van der Waals surface area contributed by atoms with Crippen molar-refractivity contribution in [3.63, 3.8) is 0 Å². The Hall–Kier alpha value is -2.05. The number of carboxylic acids is 1. The molecule has 1 aliphatic heterocycles. The van der Waals surface area contributed by atoms with Gasteiger partial charge in [-0.05, 0) is 31.9 Å². The lowest BCUT2D eigenvalue weighted by atomic mass is 9.87. The molecule has 1 atom stereocenters. The highest BCUT2D eigenvalue weighted by atomic mass is 19.4. The summed E-state index contributed by atoms with van der Waals surface area (Å²) in [7, 11) is 0. The van der Waals surface area contributed by atoms with E-state index in [1.807, 2.05) is 0 Å². The van der Waals surface area contributed by atoms with Crippen LogP contribution in [0, 0.1) is 5.92 Å². The third-order valence-electron chi connectivity index (χ3n) is 4.48. The molecule has 4 nitrogen and oxygen atoms in total. The number of rotatable bonds is 3. The van der Waals surface area contributed by atoms with Crippen molar-refractivity contribution < 1.29 is 27.9 Å². The van der Waals surface area contributed by atoms with E-state index in [1.165, 1.54) is 36.9 Å². The average Bonchev–Trinajstić information content (AvgIpc) is 2.74. The molecule has 0 aromatic heterocycles. The maximum atomic E-state index is 13.1. The summed E-state index contributed by atoms with van der Waals surface area (Å²) < 4.78 is 39.2. The predicted molar refractivity (Wildman–Crippen MR) is 77.1 cm³/mol. The lowest BCUT2D eigenvalue weighted by Gasteiger charge is -2.37. The largest absolute Gasteiger partial charge is 0.478 e. The van der Waals surface area contributed by atoms with Gasteiger partial charge in [0.15, 0.2) is 0 Å². The SMILES string of the molecule is CC1(C)C(C(F)(F)F)CCN1C(=O)Cc1ccccc1C(=O)O. The number of alkyl halides is 3. The highest BCUT2D eigenvalue weighted by molar-refractivity contribution is 5.91. The second-order valence-corrected chi connectivity index (χ2v) is 6.22. The van der Waals surface area contributed by atoms with Crippen molar-refractivity contribution in [2.24, 2.45) is 5.92 Å². The van der Waals surface area contributed by atoms with Gasteiger partial charge in [-0.25, -0.2) is 4.79 Å². The van der Waals surface area contributed by atoms with Gasteiger partial charge in [0.05, 0.1) is 17.9 Å². The van der Waals surface area contributed by atoms with Crippen LogP contribution < -0.4 is 0 Å². The Morgan fingerprint density at radius 3 is 2.43 bits per heavy atom. The van der Waals surface area contributed by atoms with Crippen LogP contribution in [0.1, 0.15) is 36.2 Å². The van der Waals surface area contributed by atoms with Crippen molar-refractivity contribution in [1.29, 1.82) is 0 Å². The zero-order valence-corrected chi connectivity index (χ0v) is 12.9. The topological polar surface area (TPSA) is 57.6 Å². The predicted octanol–water partition coefficient (Wildman–Crippen LogP) is 3.12. The van der Waals surface area contributed by atoms with Crippen LogP contribution >= 0.6 is 0 Å². The number of amides is 1. The molecular weight excluding hydrogens is 311 g/mol. The first-order valence-electron chi connectivity index (χ1n) is 7.23. The number of nitrogens with zero attached hydrogens (tertiary/aromatic N) is 1. The molecule has 1 unspecified atom stereocenters. The molecule has 2 rings (SSSR count). The Labute approximate surface area is 131 Å². The monoisotopic (exact) mass is 329 g/mol. The standard InChI is InChI=1S/C16H18F3NO3/c1-15(2)12(16(17,18)19)7-8-20(15)13(21)9-10-5-3-4-6-11(10)14(22)23/h3-6,12H,7-9H2,1-2H3,(H,22,23). The Morgan fingerprint density at radius 2 is 1.91 bits per heavy atom. The number of hydrogen-bond donors (Lipinski definition) is 1. The van der Waals surface area contributed by atoms with Crippen molar-refractivity contribution in [2.45, 2.75) is 38.4 Å². The van der Waals surface area contributed by atoms with Gasteiger partial charge < -0.3 is 10.0 Å². The zero-order chi connectivity index (χ0) is 17.4. The first-order valence-corrected chi connectivity index (χ1v) is 7.23. The van der Waals surface area contributed by atoms with E-state index in [0.717, 1.165) is 0 Å². The van der Waals surface area contributed by atoms with E-state index in [9.17, 15) is 22.8 Å². The Morgan fingerprint density at radius 1 is 1.30 bits per heavy atom. The molecule has 1 aromatic rings. The number of carboxylic acid groups (broad SMARTS) is 1. The maximum absolute atomic E-state index is 13.1. The molecule has 1 saturated heterocycles. The van der Waals surface area contributed by atoms with E-state index >= 15 is 0 Å². The third kappa shape index (κ3) is 3.33. The van der Waals surface area contributed by atoms with E-state index in [1.54, 1.807) is 6.07 Å². The number of aromatic carboxylic acids is 1. The van der Waals surface area contributed by atoms with E-state index in [0.29, 0.717) is 5.56 Å². The van der Waals surface area contributed by atoms with E-state index in [2.05, 4.69) is 0 Å². The zero-order valence-electron chi connectivity index (χ0n) is 12.9. The molecule has 23 heavy (non-hydrogen) atoms. The second-order valence-electron chi connectivity index (χ2n) is 6.22. The molecule has 7 heteroatoms. The average molecular weight is 329 g/mol. The van der Waals surface area contributed by atoms with Crippen molar-refractivity contribution in [3.05, 3.63) is 35.4 Å². The van der Waals surface area contributed by atoms with Crippen LogP contribution in [0.5, 0.6) is 0 Å². The number of carbonyl (C=O) groups is 2. The summed E-state index contributed by atoms with van der Waals surface area (Å²) in [5.74, 6) is -3.23. The molecule has 0 aliphatic carbocycles. The molecule has 1 heterocycles. The fraction of sp³-hybridized carbons (Fsp3) is 0.500. The molecule has 0 spiro atoms. The Bertz CT molecular complexity index is 625. The number of likely N-dealkylation sites (tertiary alicyclic amines) is 1. The van der Waals surface area contributed by atoms with Crippen LogP contribution in [0.2, 0.25) is 0 Å². The summed E-state index contributed by atoms with van der Waals surface area (Å²) in [4.78, 5) is 24.8. The Balaban J connectivity index is 2.21. The molecule has 1 amide bonds. The quantitative estimate of drug-likeness (QED) is 0.927. The second kappa shape index (κ2) is 5.86. The highest BCUT2D eigenvalue weighted by Gasteiger charge is 2.56. The summed E-state index contributed by atoms with van der Waals surface area (Å²) >= 11 is 0. The van der Waals surface area contributed by atoms with Gasteiger partial charge in [0.1, 0.15) is 0 Å². The van der Waals surface area contributed by atoms with Crippen LogP contribution in [0.25, 0.3) is 0 Å². The summed E-state index contributed by atoms with van der Waals surface area (Å²) in [5, 5.41) is 9.12. The van der Waals surface area contributed by atoms with Gasteiger partial charge in [-0.15, -0.1) is 0 Å². The summed E-state index contributed by atoms with van der Waals surface area (Å²) in [5.41, 5.74) is -1.05. The fourth-order valence-electron chi connectivity index (χ4n) is 3.24. The van der Waals surface area contributed by atoms with Gasteiger partial charge in [-0.2, -0.15) is 13.2 Å². The fourth-order valence-corrected chi connectivity index (χ4v) is 3.24.